The lowest BCUT2D eigenvalue weighted by Gasteiger charge is -2.25. The number of pyridine rings is 1. The molecule has 0 radical (unpaired) electrons. The second-order valence-corrected chi connectivity index (χ2v) is 9.36. The molecule has 0 spiro atoms. The zero-order chi connectivity index (χ0) is 20.9. The molecule has 1 aliphatic rings. The molecule has 1 N–H and O–H groups in total. The van der Waals surface area contributed by atoms with E-state index in [0.717, 1.165) is 24.8 Å². The molecule has 0 unspecified atom stereocenters. The number of aryl methyl sites for hydroxylation is 1. The van der Waals surface area contributed by atoms with Crippen LogP contribution in [-0.4, -0.2) is 50.8 Å². The largest absolute Gasteiger partial charge is 0.361 e. The SMILES string of the molecule is CN(C)c1ncccc1NC(=O)CCc1ccc(S(=O)(=O)N2CCCCC2)cc1. The molecule has 1 fully saturated rings. The van der Waals surface area contributed by atoms with Crippen LogP contribution in [0.3, 0.4) is 0 Å². The van der Waals surface area contributed by atoms with Crippen LogP contribution in [0.25, 0.3) is 0 Å². The van der Waals surface area contributed by atoms with Gasteiger partial charge in [0.1, 0.15) is 0 Å². The van der Waals surface area contributed by atoms with E-state index < -0.39 is 10.0 Å². The van der Waals surface area contributed by atoms with E-state index in [1.165, 1.54) is 0 Å². The lowest BCUT2D eigenvalue weighted by Crippen LogP contribution is -2.35. The summed E-state index contributed by atoms with van der Waals surface area (Å²) in [4.78, 5) is 18.8. The van der Waals surface area contributed by atoms with Crippen molar-refractivity contribution in [2.75, 3.05) is 37.4 Å². The van der Waals surface area contributed by atoms with Gasteiger partial charge in [-0.3, -0.25) is 4.79 Å². The summed E-state index contributed by atoms with van der Waals surface area (Å²) in [5.74, 6) is 0.597. The number of piperidine rings is 1. The second-order valence-electron chi connectivity index (χ2n) is 7.43. The Bertz CT molecular complexity index is 937. The Morgan fingerprint density at radius 1 is 1.10 bits per heavy atom. The molecule has 7 nitrogen and oxygen atoms in total. The Balaban J connectivity index is 1.58. The molecule has 8 heteroatoms. The monoisotopic (exact) mass is 416 g/mol. The van der Waals surface area contributed by atoms with Crippen LogP contribution in [0.5, 0.6) is 0 Å². The number of rotatable bonds is 7. The first-order valence-electron chi connectivity index (χ1n) is 9.89. The number of hydrogen-bond acceptors (Lipinski definition) is 5. The van der Waals surface area contributed by atoms with Crippen molar-refractivity contribution in [2.24, 2.45) is 0 Å². The maximum Gasteiger partial charge on any atom is 0.243 e. The third kappa shape index (κ3) is 5.33. The maximum absolute atomic E-state index is 12.7. The van der Waals surface area contributed by atoms with Crippen molar-refractivity contribution in [1.29, 1.82) is 0 Å². The van der Waals surface area contributed by atoms with Gasteiger partial charge in [0, 0.05) is 39.8 Å². The molecule has 1 aromatic carbocycles. The summed E-state index contributed by atoms with van der Waals surface area (Å²) in [6.07, 6.45) is 5.44. The molecule has 1 saturated heterocycles. The van der Waals surface area contributed by atoms with Crippen LogP contribution in [0.1, 0.15) is 31.2 Å². The molecule has 2 heterocycles. The zero-order valence-corrected chi connectivity index (χ0v) is 17.8. The minimum atomic E-state index is -3.42. The van der Waals surface area contributed by atoms with Gasteiger partial charge in [0.15, 0.2) is 5.82 Å². The Morgan fingerprint density at radius 2 is 1.79 bits per heavy atom. The van der Waals surface area contributed by atoms with Gasteiger partial charge in [0.05, 0.1) is 10.6 Å². The summed E-state index contributed by atoms with van der Waals surface area (Å²) < 4.78 is 27.0. The standard InChI is InChI=1S/C21H28N4O3S/c1-24(2)21-19(7-6-14-22-21)23-20(26)13-10-17-8-11-18(12-9-17)29(27,28)25-15-4-3-5-16-25/h6-9,11-12,14H,3-5,10,13,15-16H2,1-2H3,(H,23,26). The molecule has 1 aliphatic heterocycles. The molecule has 0 saturated carbocycles. The van der Waals surface area contributed by atoms with E-state index in [1.54, 1.807) is 40.8 Å². The average Bonchev–Trinajstić information content (AvgIpc) is 2.73. The number of nitrogens with one attached hydrogen (secondary N) is 1. The van der Waals surface area contributed by atoms with Crippen LogP contribution in [0.2, 0.25) is 0 Å². The predicted octanol–water partition coefficient (Wildman–Crippen LogP) is 2.89. The predicted molar refractivity (Wildman–Crippen MR) is 115 cm³/mol. The number of nitrogens with zero attached hydrogens (tertiary/aromatic N) is 3. The Hall–Kier alpha value is -2.45. The van der Waals surface area contributed by atoms with Crippen LogP contribution in [-0.2, 0) is 21.2 Å². The molecule has 3 rings (SSSR count). The topological polar surface area (TPSA) is 82.6 Å². The third-order valence-corrected chi connectivity index (χ3v) is 6.91. The van der Waals surface area contributed by atoms with Crippen LogP contribution < -0.4 is 10.2 Å². The summed E-state index contributed by atoms with van der Waals surface area (Å²) in [7, 11) is 0.324. The molecular formula is C21H28N4O3S. The smallest absolute Gasteiger partial charge is 0.243 e. The number of benzene rings is 1. The summed E-state index contributed by atoms with van der Waals surface area (Å²) in [6, 6.07) is 10.5. The van der Waals surface area contributed by atoms with Crippen molar-refractivity contribution < 1.29 is 13.2 Å². The first kappa shape index (κ1) is 21.3. The van der Waals surface area contributed by atoms with Crippen LogP contribution in [0.15, 0.2) is 47.5 Å². The minimum Gasteiger partial charge on any atom is -0.361 e. The third-order valence-electron chi connectivity index (χ3n) is 5.00. The lowest BCUT2D eigenvalue weighted by molar-refractivity contribution is -0.116. The van der Waals surface area contributed by atoms with E-state index in [-0.39, 0.29) is 5.91 Å². The maximum atomic E-state index is 12.7. The van der Waals surface area contributed by atoms with Gasteiger partial charge in [0.2, 0.25) is 15.9 Å². The first-order chi connectivity index (χ1) is 13.9. The molecule has 1 aromatic heterocycles. The number of sulfonamides is 1. The quantitative estimate of drug-likeness (QED) is 0.750. The van der Waals surface area contributed by atoms with E-state index in [4.69, 9.17) is 0 Å². The molecule has 0 atom stereocenters. The first-order valence-corrected chi connectivity index (χ1v) is 11.3. The summed E-state index contributed by atoms with van der Waals surface area (Å²) in [6.45, 7) is 1.18. The van der Waals surface area contributed by atoms with Crippen molar-refractivity contribution in [3.63, 3.8) is 0 Å². The molecule has 29 heavy (non-hydrogen) atoms. The Labute approximate surface area is 172 Å². The average molecular weight is 417 g/mol. The molecule has 156 valence electrons. The van der Waals surface area contributed by atoms with Crippen LogP contribution in [0.4, 0.5) is 11.5 Å². The van der Waals surface area contributed by atoms with E-state index in [0.29, 0.717) is 42.3 Å². The van der Waals surface area contributed by atoms with Gasteiger partial charge < -0.3 is 10.2 Å². The van der Waals surface area contributed by atoms with E-state index >= 15 is 0 Å². The highest BCUT2D eigenvalue weighted by atomic mass is 32.2. The highest BCUT2D eigenvalue weighted by molar-refractivity contribution is 7.89. The van der Waals surface area contributed by atoms with E-state index in [2.05, 4.69) is 10.3 Å². The highest BCUT2D eigenvalue weighted by Gasteiger charge is 2.25. The van der Waals surface area contributed by atoms with Crippen molar-refractivity contribution >= 4 is 27.4 Å². The van der Waals surface area contributed by atoms with E-state index in [1.807, 2.05) is 25.1 Å². The molecule has 2 aromatic rings. The number of amides is 1. The van der Waals surface area contributed by atoms with Crippen molar-refractivity contribution in [3.8, 4) is 0 Å². The van der Waals surface area contributed by atoms with Gasteiger partial charge in [-0.2, -0.15) is 4.31 Å². The summed E-state index contributed by atoms with van der Waals surface area (Å²) >= 11 is 0. The van der Waals surface area contributed by atoms with Crippen molar-refractivity contribution in [2.45, 2.75) is 37.0 Å². The fourth-order valence-electron chi connectivity index (χ4n) is 3.40. The van der Waals surface area contributed by atoms with Gasteiger partial charge >= 0.3 is 0 Å². The number of carbonyl (C=O) groups excluding carboxylic acids is 1. The van der Waals surface area contributed by atoms with Gasteiger partial charge in [-0.25, -0.2) is 13.4 Å². The number of carbonyl (C=O) groups is 1. The van der Waals surface area contributed by atoms with E-state index in [9.17, 15) is 13.2 Å². The Morgan fingerprint density at radius 3 is 2.45 bits per heavy atom. The van der Waals surface area contributed by atoms with Gasteiger partial charge in [0.25, 0.3) is 0 Å². The van der Waals surface area contributed by atoms with Gasteiger partial charge in [-0.05, 0) is 49.1 Å². The molecular weight excluding hydrogens is 388 g/mol. The normalized spacial score (nSPS) is 15.1. The number of aromatic nitrogens is 1. The fourth-order valence-corrected chi connectivity index (χ4v) is 4.92. The highest BCUT2D eigenvalue weighted by Crippen LogP contribution is 2.22. The lowest BCUT2D eigenvalue weighted by atomic mass is 10.1. The molecule has 0 aliphatic carbocycles. The number of hydrogen-bond donors (Lipinski definition) is 1. The van der Waals surface area contributed by atoms with Crippen LogP contribution in [0, 0.1) is 0 Å². The second kappa shape index (κ2) is 9.37. The molecule has 1 amide bonds. The summed E-state index contributed by atoms with van der Waals surface area (Å²) in [5.41, 5.74) is 1.60. The van der Waals surface area contributed by atoms with Gasteiger partial charge in [-0.15, -0.1) is 0 Å². The van der Waals surface area contributed by atoms with Crippen LogP contribution >= 0.6 is 0 Å². The zero-order valence-electron chi connectivity index (χ0n) is 17.0. The number of anilines is 2. The van der Waals surface area contributed by atoms with Crippen molar-refractivity contribution in [3.05, 3.63) is 48.2 Å². The molecule has 0 bridgehead atoms. The summed E-state index contributed by atoms with van der Waals surface area (Å²) in [5, 5.41) is 2.90. The fraction of sp³-hybridized carbons (Fsp3) is 0.429. The van der Waals surface area contributed by atoms with Gasteiger partial charge in [-0.1, -0.05) is 18.6 Å². The van der Waals surface area contributed by atoms with Crippen molar-refractivity contribution in [1.82, 2.24) is 9.29 Å². The Kier molecular flexibility index (Phi) is 6.87. The minimum absolute atomic E-state index is 0.105.